The molecule has 0 N–H and O–H groups in total. The maximum absolute atomic E-state index is 12.1. The van der Waals surface area contributed by atoms with E-state index in [1.165, 1.54) is 32.1 Å². The fourth-order valence-corrected chi connectivity index (χ4v) is 3.06. The summed E-state index contributed by atoms with van der Waals surface area (Å²) in [6.45, 7) is 6.41. The van der Waals surface area contributed by atoms with Crippen LogP contribution in [-0.4, -0.2) is 22.6 Å². The van der Waals surface area contributed by atoms with Crippen molar-refractivity contribution < 1.29 is 19.2 Å². The van der Waals surface area contributed by atoms with Crippen LogP contribution in [0.2, 0.25) is 0 Å². The summed E-state index contributed by atoms with van der Waals surface area (Å²) in [5.74, 6) is -0.0903. The highest BCUT2D eigenvalue weighted by atomic mass is 16.6. The third-order valence-corrected chi connectivity index (χ3v) is 4.02. The third-order valence-electron chi connectivity index (χ3n) is 4.02. The van der Waals surface area contributed by atoms with Crippen molar-refractivity contribution in [1.82, 2.24) is 0 Å². The van der Waals surface area contributed by atoms with E-state index in [4.69, 9.17) is 4.74 Å². The Bertz CT molecular complexity index is 758. The fourth-order valence-electron chi connectivity index (χ4n) is 3.06. The monoisotopic (exact) mass is 329 g/mol. The smallest absolute Gasteiger partial charge is 0.269 e. The van der Waals surface area contributed by atoms with E-state index >= 15 is 0 Å². The first-order chi connectivity index (χ1) is 11.2. The number of nitro benzene ring substituents is 1. The van der Waals surface area contributed by atoms with Crippen molar-refractivity contribution in [2.75, 3.05) is 0 Å². The first-order valence-corrected chi connectivity index (χ1v) is 7.53. The zero-order chi connectivity index (χ0) is 18.0. The van der Waals surface area contributed by atoms with Gasteiger partial charge in [0.05, 0.1) is 10.8 Å². The zero-order valence-electron chi connectivity index (χ0n) is 14.0. The minimum atomic E-state index is -0.478. The Morgan fingerprint density at radius 2 is 1.75 bits per heavy atom. The van der Waals surface area contributed by atoms with Crippen LogP contribution in [-0.2, 0) is 14.3 Å². The second-order valence-electron chi connectivity index (χ2n) is 5.89. The first-order valence-electron chi connectivity index (χ1n) is 7.53. The average Bonchev–Trinajstić information content (AvgIpc) is 2.84. The van der Waals surface area contributed by atoms with Gasteiger partial charge in [-0.1, -0.05) is 12.1 Å². The molecular formula is C18H19NO5. The molecule has 0 saturated heterocycles. The summed E-state index contributed by atoms with van der Waals surface area (Å²) < 4.78 is 5.85. The van der Waals surface area contributed by atoms with Gasteiger partial charge < -0.3 is 4.74 Å². The number of nitro groups is 1. The van der Waals surface area contributed by atoms with Gasteiger partial charge in [0.2, 0.25) is 0 Å². The van der Waals surface area contributed by atoms with Crippen LogP contribution >= 0.6 is 0 Å². The highest BCUT2D eigenvalue weighted by Gasteiger charge is 2.39. The van der Waals surface area contributed by atoms with Gasteiger partial charge in [0.15, 0.2) is 11.6 Å². The van der Waals surface area contributed by atoms with Crippen molar-refractivity contribution in [2.24, 2.45) is 0 Å². The molecule has 1 aromatic rings. The van der Waals surface area contributed by atoms with Gasteiger partial charge in [-0.3, -0.25) is 19.7 Å². The molecule has 0 spiro atoms. The summed E-state index contributed by atoms with van der Waals surface area (Å²) in [6, 6.07) is 6.06. The number of ketones is 2. The van der Waals surface area contributed by atoms with Crippen molar-refractivity contribution in [3.05, 3.63) is 62.9 Å². The normalized spacial score (nSPS) is 20.8. The van der Waals surface area contributed by atoms with E-state index in [1.54, 1.807) is 26.0 Å². The van der Waals surface area contributed by atoms with Crippen molar-refractivity contribution >= 4 is 17.3 Å². The SMILES string of the molecule is CC(=O)/C=C(/C)[C@@H]1OC(C)=C(C(C)=O)[C@H]1c1ccc([N+](=O)[O-])cc1. The van der Waals surface area contributed by atoms with Crippen LogP contribution in [0.15, 0.2) is 47.2 Å². The lowest BCUT2D eigenvalue weighted by atomic mass is 9.83. The number of non-ortho nitro benzene ring substituents is 1. The molecule has 0 aromatic heterocycles. The summed E-state index contributed by atoms with van der Waals surface area (Å²) >= 11 is 0. The minimum Gasteiger partial charge on any atom is -0.489 e. The number of nitrogens with zero attached hydrogens (tertiary/aromatic N) is 1. The molecule has 0 fully saturated rings. The second kappa shape index (κ2) is 6.78. The number of rotatable bonds is 5. The molecule has 0 radical (unpaired) electrons. The zero-order valence-corrected chi connectivity index (χ0v) is 14.0. The van der Waals surface area contributed by atoms with E-state index in [-0.39, 0.29) is 23.2 Å². The molecule has 126 valence electrons. The Labute approximate surface area is 140 Å². The lowest BCUT2D eigenvalue weighted by Crippen LogP contribution is -2.21. The Morgan fingerprint density at radius 1 is 1.17 bits per heavy atom. The van der Waals surface area contributed by atoms with Gasteiger partial charge in [0, 0.05) is 17.7 Å². The summed E-state index contributed by atoms with van der Waals surface area (Å²) in [5.41, 5.74) is 1.96. The van der Waals surface area contributed by atoms with Crippen LogP contribution in [0, 0.1) is 10.1 Å². The van der Waals surface area contributed by atoms with Gasteiger partial charge in [0.1, 0.15) is 11.9 Å². The van der Waals surface area contributed by atoms with Crippen molar-refractivity contribution in [2.45, 2.75) is 39.7 Å². The fraction of sp³-hybridized carbons (Fsp3) is 0.333. The molecular weight excluding hydrogens is 310 g/mol. The largest absolute Gasteiger partial charge is 0.489 e. The summed E-state index contributed by atoms with van der Waals surface area (Å²) in [7, 11) is 0. The van der Waals surface area contributed by atoms with Crippen LogP contribution in [0.1, 0.15) is 39.2 Å². The van der Waals surface area contributed by atoms with E-state index in [0.29, 0.717) is 16.9 Å². The van der Waals surface area contributed by atoms with Crippen LogP contribution in [0.4, 0.5) is 5.69 Å². The first kappa shape index (κ1) is 17.6. The molecule has 6 nitrogen and oxygen atoms in total. The topological polar surface area (TPSA) is 86.5 Å². The van der Waals surface area contributed by atoms with E-state index in [9.17, 15) is 19.7 Å². The number of hydrogen-bond donors (Lipinski definition) is 0. The molecule has 0 aliphatic carbocycles. The number of hydrogen-bond acceptors (Lipinski definition) is 5. The Hall–Kier alpha value is -2.76. The van der Waals surface area contributed by atoms with Gasteiger partial charge in [-0.25, -0.2) is 0 Å². The molecule has 6 heteroatoms. The number of Topliss-reactive ketones (excluding diaryl/α,β-unsaturated/α-hetero) is 1. The molecule has 1 aromatic carbocycles. The van der Waals surface area contributed by atoms with Crippen LogP contribution in [0.25, 0.3) is 0 Å². The van der Waals surface area contributed by atoms with E-state index in [0.717, 1.165) is 5.56 Å². The molecule has 2 atom stereocenters. The second-order valence-corrected chi connectivity index (χ2v) is 5.89. The van der Waals surface area contributed by atoms with Gasteiger partial charge in [-0.05, 0) is 44.9 Å². The maximum atomic E-state index is 12.1. The Kier molecular flexibility index (Phi) is 4.97. The van der Waals surface area contributed by atoms with E-state index in [2.05, 4.69) is 0 Å². The number of benzene rings is 1. The molecule has 1 heterocycles. The van der Waals surface area contributed by atoms with Crippen molar-refractivity contribution in [1.29, 1.82) is 0 Å². The van der Waals surface area contributed by atoms with Crippen LogP contribution in [0.5, 0.6) is 0 Å². The highest BCUT2D eigenvalue weighted by Crippen LogP contribution is 2.42. The molecule has 1 aliphatic heterocycles. The summed E-state index contributed by atoms with van der Waals surface area (Å²) in [5, 5.41) is 10.8. The van der Waals surface area contributed by atoms with Crippen LogP contribution in [0.3, 0.4) is 0 Å². The summed E-state index contributed by atoms with van der Waals surface area (Å²) in [6.07, 6.45) is 1.01. The molecule has 1 aliphatic rings. The maximum Gasteiger partial charge on any atom is 0.269 e. The number of ether oxygens (including phenoxy) is 1. The molecule has 24 heavy (non-hydrogen) atoms. The summed E-state index contributed by atoms with van der Waals surface area (Å²) in [4.78, 5) is 33.8. The van der Waals surface area contributed by atoms with Gasteiger partial charge >= 0.3 is 0 Å². The molecule has 0 bridgehead atoms. The van der Waals surface area contributed by atoms with Gasteiger partial charge in [-0.2, -0.15) is 0 Å². The number of carbonyl (C=O) groups is 2. The predicted molar refractivity (Wildman–Crippen MR) is 88.5 cm³/mol. The van der Waals surface area contributed by atoms with Gasteiger partial charge in [-0.15, -0.1) is 0 Å². The third kappa shape index (κ3) is 3.42. The Morgan fingerprint density at radius 3 is 2.21 bits per heavy atom. The lowest BCUT2D eigenvalue weighted by molar-refractivity contribution is -0.384. The molecule has 0 amide bonds. The lowest BCUT2D eigenvalue weighted by Gasteiger charge is -2.22. The highest BCUT2D eigenvalue weighted by molar-refractivity contribution is 5.96. The average molecular weight is 329 g/mol. The predicted octanol–water partition coefficient (Wildman–Crippen LogP) is 3.48. The molecule has 0 unspecified atom stereocenters. The van der Waals surface area contributed by atoms with Crippen LogP contribution < -0.4 is 0 Å². The molecule has 2 rings (SSSR count). The Balaban J connectivity index is 2.51. The van der Waals surface area contributed by atoms with Gasteiger partial charge in [0.25, 0.3) is 5.69 Å². The number of allylic oxidation sites excluding steroid dienone is 2. The van der Waals surface area contributed by atoms with Crippen molar-refractivity contribution in [3.63, 3.8) is 0 Å². The number of carbonyl (C=O) groups excluding carboxylic acids is 2. The standard InChI is InChI=1S/C18H19NO5/c1-10(9-11(2)20)18-17(16(12(3)21)13(4)24-18)14-5-7-15(8-6-14)19(22)23/h5-9,17-18H,1-4H3/b10-9-/t17-,18+/m1/s1. The minimum absolute atomic E-state index is 0.0182. The molecule has 0 saturated carbocycles. The quantitative estimate of drug-likeness (QED) is 0.469. The van der Waals surface area contributed by atoms with E-state index in [1.807, 2.05) is 0 Å². The van der Waals surface area contributed by atoms with Crippen molar-refractivity contribution in [3.8, 4) is 0 Å². The van der Waals surface area contributed by atoms with E-state index < -0.39 is 11.0 Å².